The minimum Gasteiger partial charge on any atom is -0.463 e. The van der Waals surface area contributed by atoms with Gasteiger partial charge in [0.2, 0.25) is 11.2 Å². The van der Waals surface area contributed by atoms with Gasteiger partial charge in [-0.15, -0.1) is 0 Å². The van der Waals surface area contributed by atoms with E-state index in [-0.39, 0.29) is 11.3 Å². The molecule has 0 saturated heterocycles. The van der Waals surface area contributed by atoms with Crippen molar-refractivity contribution in [3.05, 3.63) is 5.28 Å². The van der Waals surface area contributed by atoms with Crippen molar-refractivity contribution in [1.82, 2.24) is 19.9 Å². The van der Waals surface area contributed by atoms with Crippen molar-refractivity contribution in [2.75, 3.05) is 39.1 Å². The number of hydrogen-bond acceptors (Lipinski definition) is 6. The van der Waals surface area contributed by atoms with Gasteiger partial charge < -0.3 is 15.0 Å². The van der Waals surface area contributed by atoms with Crippen molar-refractivity contribution in [2.24, 2.45) is 0 Å². The summed E-state index contributed by atoms with van der Waals surface area (Å²) in [6.07, 6.45) is 1.90. The molecular formula is C11H20ClN5O. The summed E-state index contributed by atoms with van der Waals surface area (Å²) in [5.41, 5.74) is 0. The summed E-state index contributed by atoms with van der Waals surface area (Å²) in [6, 6.07) is 0.271. The fraction of sp³-hybridized carbons (Fsp3) is 0.727. The van der Waals surface area contributed by atoms with Gasteiger partial charge in [0, 0.05) is 13.1 Å². The number of rotatable bonds is 8. The first kappa shape index (κ1) is 14.9. The van der Waals surface area contributed by atoms with E-state index < -0.39 is 0 Å². The Kier molecular flexibility index (Phi) is 6.67. The number of anilines is 1. The summed E-state index contributed by atoms with van der Waals surface area (Å²) in [5, 5.41) is 3.19. The largest absolute Gasteiger partial charge is 0.463 e. The molecule has 0 aliphatic rings. The average Bonchev–Trinajstić information content (AvgIpc) is 2.31. The first-order valence-electron chi connectivity index (χ1n) is 6.04. The topological polar surface area (TPSA) is 63.2 Å². The van der Waals surface area contributed by atoms with E-state index >= 15 is 0 Å². The van der Waals surface area contributed by atoms with Crippen LogP contribution >= 0.6 is 11.6 Å². The highest BCUT2D eigenvalue weighted by atomic mass is 35.5. The van der Waals surface area contributed by atoms with Crippen LogP contribution in [0.1, 0.15) is 19.8 Å². The number of halogens is 1. The second-order valence-corrected chi connectivity index (χ2v) is 4.48. The number of ether oxygens (including phenoxy) is 1. The lowest BCUT2D eigenvalue weighted by molar-refractivity contribution is 0.263. The van der Waals surface area contributed by atoms with E-state index in [9.17, 15) is 0 Å². The number of nitrogens with zero attached hydrogens (tertiary/aromatic N) is 4. The minimum atomic E-state index is 0.145. The molecule has 0 fully saturated rings. The van der Waals surface area contributed by atoms with Crippen molar-refractivity contribution < 1.29 is 4.74 Å². The monoisotopic (exact) mass is 273 g/mol. The van der Waals surface area contributed by atoms with Gasteiger partial charge in [0.25, 0.3) is 0 Å². The summed E-state index contributed by atoms with van der Waals surface area (Å²) >= 11 is 5.80. The third kappa shape index (κ3) is 5.97. The maximum Gasteiger partial charge on any atom is 0.322 e. The zero-order valence-corrected chi connectivity index (χ0v) is 11.9. The molecule has 0 spiro atoms. The summed E-state index contributed by atoms with van der Waals surface area (Å²) < 4.78 is 5.44. The van der Waals surface area contributed by atoms with Gasteiger partial charge in [0.1, 0.15) is 0 Å². The predicted octanol–water partition coefficient (Wildman–Crippen LogP) is 1.68. The highest BCUT2D eigenvalue weighted by Gasteiger charge is 2.05. The van der Waals surface area contributed by atoms with E-state index in [1.165, 1.54) is 0 Å². The Bertz CT molecular complexity index is 361. The van der Waals surface area contributed by atoms with Gasteiger partial charge in [-0.1, -0.05) is 6.92 Å². The van der Waals surface area contributed by atoms with Crippen molar-refractivity contribution in [1.29, 1.82) is 0 Å². The Hall–Kier alpha value is -1.14. The Morgan fingerprint density at radius 2 is 2.06 bits per heavy atom. The van der Waals surface area contributed by atoms with Crippen LogP contribution in [0.25, 0.3) is 0 Å². The molecule has 1 heterocycles. The Morgan fingerprint density at radius 1 is 1.28 bits per heavy atom. The quantitative estimate of drug-likeness (QED) is 0.727. The third-order valence-corrected chi connectivity index (χ3v) is 2.27. The Balaban J connectivity index is 2.46. The zero-order valence-electron chi connectivity index (χ0n) is 11.1. The van der Waals surface area contributed by atoms with Gasteiger partial charge in [-0.05, 0) is 38.5 Å². The molecule has 0 amide bonds. The second-order valence-electron chi connectivity index (χ2n) is 4.14. The van der Waals surface area contributed by atoms with Gasteiger partial charge in [-0.25, -0.2) is 0 Å². The highest BCUT2D eigenvalue weighted by Crippen LogP contribution is 2.11. The third-order valence-electron chi connectivity index (χ3n) is 2.10. The molecule has 0 saturated carbocycles. The molecule has 0 aliphatic heterocycles. The Morgan fingerprint density at radius 3 is 2.72 bits per heavy atom. The molecule has 102 valence electrons. The predicted molar refractivity (Wildman–Crippen MR) is 72.3 cm³/mol. The van der Waals surface area contributed by atoms with Crippen molar-refractivity contribution in [3.63, 3.8) is 0 Å². The van der Waals surface area contributed by atoms with Crippen LogP contribution < -0.4 is 10.1 Å². The normalized spacial score (nSPS) is 10.7. The fourth-order valence-corrected chi connectivity index (χ4v) is 1.41. The standard InChI is InChI=1S/C11H20ClN5O/c1-4-6-13-10-14-9(12)15-11(16-10)18-8-5-7-17(2)3/h4-8H2,1-3H3,(H,13,14,15,16). The van der Waals surface area contributed by atoms with Gasteiger partial charge in [0.05, 0.1) is 6.61 Å². The SMILES string of the molecule is CCCNc1nc(Cl)nc(OCCCN(C)C)n1. The molecule has 0 bridgehead atoms. The van der Waals surface area contributed by atoms with Crippen molar-refractivity contribution in [3.8, 4) is 6.01 Å². The maximum absolute atomic E-state index is 5.80. The number of nitrogens with one attached hydrogen (secondary N) is 1. The van der Waals surface area contributed by atoms with Gasteiger partial charge in [0.15, 0.2) is 0 Å². The molecule has 0 unspecified atom stereocenters. The summed E-state index contributed by atoms with van der Waals surface area (Å²) in [4.78, 5) is 14.1. The van der Waals surface area contributed by atoms with E-state index in [0.29, 0.717) is 12.6 Å². The van der Waals surface area contributed by atoms with Crippen LogP contribution in [0.15, 0.2) is 0 Å². The van der Waals surface area contributed by atoms with Crippen LogP contribution in [-0.2, 0) is 0 Å². The molecule has 1 N–H and O–H groups in total. The van der Waals surface area contributed by atoms with Gasteiger partial charge in [-0.2, -0.15) is 15.0 Å². The molecule has 1 aromatic heterocycles. The van der Waals surface area contributed by atoms with Gasteiger partial charge >= 0.3 is 6.01 Å². The first-order valence-corrected chi connectivity index (χ1v) is 6.42. The molecule has 1 aromatic rings. The Labute approximate surface area is 113 Å². The summed E-state index contributed by atoms with van der Waals surface area (Å²) in [6.45, 7) is 4.38. The molecule has 18 heavy (non-hydrogen) atoms. The van der Waals surface area contributed by atoms with Crippen LogP contribution in [0.2, 0.25) is 5.28 Å². The average molecular weight is 274 g/mol. The van der Waals surface area contributed by atoms with E-state index in [0.717, 1.165) is 25.9 Å². The molecule has 0 radical (unpaired) electrons. The molecule has 0 aliphatic carbocycles. The molecular weight excluding hydrogens is 254 g/mol. The van der Waals surface area contributed by atoms with E-state index in [1.54, 1.807) is 0 Å². The number of hydrogen-bond donors (Lipinski definition) is 1. The van der Waals surface area contributed by atoms with Crippen LogP contribution in [0, 0.1) is 0 Å². The lowest BCUT2D eigenvalue weighted by Crippen LogP contribution is -2.16. The first-order chi connectivity index (χ1) is 8.61. The smallest absolute Gasteiger partial charge is 0.322 e. The lowest BCUT2D eigenvalue weighted by atomic mass is 10.4. The van der Waals surface area contributed by atoms with Crippen LogP contribution in [0.3, 0.4) is 0 Å². The molecule has 1 rings (SSSR count). The van der Waals surface area contributed by atoms with Crippen LogP contribution in [0.5, 0.6) is 6.01 Å². The highest BCUT2D eigenvalue weighted by molar-refractivity contribution is 6.28. The summed E-state index contributed by atoms with van der Waals surface area (Å²) in [7, 11) is 4.04. The number of aromatic nitrogens is 3. The second kappa shape index (κ2) is 8.05. The zero-order chi connectivity index (χ0) is 13.4. The molecule has 0 aromatic carbocycles. The van der Waals surface area contributed by atoms with Crippen molar-refractivity contribution in [2.45, 2.75) is 19.8 Å². The fourth-order valence-electron chi connectivity index (χ4n) is 1.26. The molecule has 0 atom stereocenters. The van der Waals surface area contributed by atoms with E-state index in [2.05, 4.69) is 32.1 Å². The van der Waals surface area contributed by atoms with Crippen LogP contribution in [-0.4, -0.2) is 53.6 Å². The van der Waals surface area contributed by atoms with Gasteiger partial charge in [-0.3, -0.25) is 0 Å². The summed E-state index contributed by atoms with van der Waals surface area (Å²) in [5.74, 6) is 0.458. The van der Waals surface area contributed by atoms with E-state index in [1.807, 2.05) is 14.1 Å². The maximum atomic E-state index is 5.80. The van der Waals surface area contributed by atoms with Crippen molar-refractivity contribution >= 4 is 17.5 Å². The minimum absolute atomic E-state index is 0.145. The lowest BCUT2D eigenvalue weighted by Gasteiger charge is -2.10. The van der Waals surface area contributed by atoms with Crippen LogP contribution in [0.4, 0.5) is 5.95 Å². The molecule has 7 heteroatoms. The molecule has 6 nitrogen and oxygen atoms in total. The van der Waals surface area contributed by atoms with E-state index in [4.69, 9.17) is 16.3 Å².